The maximum absolute atomic E-state index is 12.6. The zero-order valence-electron chi connectivity index (χ0n) is 11.9. The van der Waals surface area contributed by atoms with Crippen molar-refractivity contribution in [2.75, 3.05) is 18.0 Å². The van der Waals surface area contributed by atoms with Gasteiger partial charge in [0.1, 0.15) is 6.10 Å². The summed E-state index contributed by atoms with van der Waals surface area (Å²) in [6.45, 7) is 0.668. The van der Waals surface area contributed by atoms with Crippen LogP contribution in [0.5, 0.6) is 0 Å². The zero-order valence-corrected chi connectivity index (χ0v) is 11.9. The summed E-state index contributed by atoms with van der Waals surface area (Å²) in [7, 11) is 0. The van der Waals surface area contributed by atoms with Crippen LogP contribution in [-0.2, 0) is 14.3 Å². The molecule has 0 unspecified atom stereocenters. The minimum Gasteiger partial charge on any atom is -0.370 e. The van der Waals surface area contributed by atoms with Crippen molar-refractivity contribution in [2.24, 2.45) is 11.5 Å². The number of hydrogen-bond donors (Lipinski definition) is 2. The van der Waals surface area contributed by atoms with E-state index in [1.807, 2.05) is 30.3 Å². The summed E-state index contributed by atoms with van der Waals surface area (Å²) in [6, 6.07) is 9.22. The highest BCUT2D eigenvalue weighted by molar-refractivity contribution is 5.97. The Balaban J connectivity index is 2.11. The molecule has 2 amide bonds. The fourth-order valence-electron chi connectivity index (χ4n) is 2.43. The quantitative estimate of drug-likeness (QED) is 0.792. The van der Waals surface area contributed by atoms with E-state index in [1.165, 1.54) is 0 Å². The number of anilines is 1. The van der Waals surface area contributed by atoms with Crippen LogP contribution in [0.15, 0.2) is 30.3 Å². The number of carbonyl (C=O) groups is 2. The second-order valence-electron chi connectivity index (χ2n) is 5.10. The summed E-state index contributed by atoms with van der Waals surface area (Å²) in [5, 5.41) is 0. The molecule has 0 saturated carbocycles. The number of primary amides is 1. The van der Waals surface area contributed by atoms with Crippen LogP contribution in [0.4, 0.5) is 5.69 Å². The molecule has 1 aromatic carbocycles. The molecule has 1 saturated heterocycles. The second kappa shape index (κ2) is 7.19. The van der Waals surface area contributed by atoms with E-state index in [-0.39, 0.29) is 25.0 Å². The first-order valence-electron chi connectivity index (χ1n) is 7.12. The van der Waals surface area contributed by atoms with Gasteiger partial charge in [-0.2, -0.15) is 0 Å². The highest BCUT2D eigenvalue weighted by Gasteiger charge is 2.33. The summed E-state index contributed by atoms with van der Waals surface area (Å²) >= 11 is 0. The molecular weight excluding hydrogens is 270 g/mol. The minimum absolute atomic E-state index is 0.0623. The number of amides is 2. The van der Waals surface area contributed by atoms with Gasteiger partial charge < -0.3 is 21.1 Å². The maximum atomic E-state index is 12.6. The Kier molecular flexibility index (Phi) is 5.30. The summed E-state index contributed by atoms with van der Waals surface area (Å²) in [5.41, 5.74) is 11.5. The first-order chi connectivity index (χ1) is 10.1. The molecule has 0 radical (unpaired) electrons. The Bertz CT molecular complexity index is 492. The second-order valence-corrected chi connectivity index (χ2v) is 5.10. The van der Waals surface area contributed by atoms with Crippen molar-refractivity contribution in [3.63, 3.8) is 0 Å². The molecule has 21 heavy (non-hydrogen) atoms. The topological polar surface area (TPSA) is 98.7 Å². The van der Waals surface area contributed by atoms with Gasteiger partial charge >= 0.3 is 0 Å². The number of hydrogen-bond acceptors (Lipinski definition) is 4. The van der Waals surface area contributed by atoms with Crippen molar-refractivity contribution in [3.8, 4) is 0 Å². The van der Waals surface area contributed by atoms with Crippen LogP contribution >= 0.6 is 0 Å². The van der Waals surface area contributed by atoms with Gasteiger partial charge in [0, 0.05) is 25.2 Å². The molecule has 114 valence electrons. The van der Waals surface area contributed by atoms with Gasteiger partial charge in [0.25, 0.3) is 5.91 Å². The molecule has 1 aliphatic rings. The molecule has 1 aromatic rings. The number of nitrogens with zero attached hydrogens (tertiary/aromatic N) is 1. The van der Waals surface area contributed by atoms with Crippen LogP contribution < -0.4 is 16.4 Å². The van der Waals surface area contributed by atoms with Gasteiger partial charge in [-0.3, -0.25) is 9.59 Å². The van der Waals surface area contributed by atoms with E-state index in [4.69, 9.17) is 16.2 Å². The number of benzene rings is 1. The molecule has 6 nitrogen and oxygen atoms in total. The molecule has 0 aliphatic carbocycles. The zero-order chi connectivity index (χ0) is 15.2. The predicted octanol–water partition coefficient (Wildman–Crippen LogP) is 0.401. The Morgan fingerprint density at radius 2 is 1.95 bits per heavy atom. The Labute approximate surface area is 124 Å². The van der Waals surface area contributed by atoms with Gasteiger partial charge in [-0.15, -0.1) is 0 Å². The summed E-state index contributed by atoms with van der Waals surface area (Å²) in [5.74, 6) is -0.575. The lowest BCUT2D eigenvalue weighted by molar-refractivity contribution is -0.129. The number of para-hydroxylation sites is 1. The average molecular weight is 291 g/mol. The molecule has 1 aliphatic heterocycles. The van der Waals surface area contributed by atoms with Gasteiger partial charge in [0.2, 0.25) is 5.91 Å². The predicted molar refractivity (Wildman–Crippen MR) is 79.6 cm³/mol. The van der Waals surface area contributed by atoms with Crippen molar-refractivity contribution in [3.05, 3.63) is 30.3 Å². The SMILES string of the molecule is NC[C@H]1CC[C@@H](C(=O)N(CCC(N)=O)c2ccccc2)O1. The monoisotopic (exact) mass is 291 g/mol. The van der Waals surface area contributed by atoms with Gasteiger partial charge in [-0.25, -0.2) is 0 Å². The highest BCUT2D eigenvalue weighted by Crippen LogP contribution is 2.23. The Morgan fingerprint density at radius 1 is 1.24 bits per heavy atom. The van der Waals surface area contributed by atoms with Crippen LogP contribution in [0.3, 0.4) is 0 Å². The van der Waals surface area contributed by atoms with Crippen LogP contribution in [0.25, 0.3) is 0 Å². The minimum atomic E-state index is -0.494. The summed E-state index contributed by atoms with van der Waals surface area (Å²) in [4.78, 5) is 25.2. The molecule has 0 spiro atoms. The number of ether oxygens (including phenoxy) is 1. The largest absolute Gasteiger partial charge is 0.370 e. The van der Waals surface area contributed by atoms with E-state index in [2.05, 4.69) is 0 Å². The molecule has 2 rings (SSSR count). The first-order valence-corrected chi connectivity index (χ1v) is 7.12. The lowest BCUT2D eigenvalue weighted by atomic mass is 10.1. The molecule has 1 heterocycles. The molecular formula is C15H21N3O3. The summed E-state index contributed by atoms with van der Waals surface area (Å²) < 4.78 is 5.65. The van der Waals surface area contributed by atoms with Crippen molar-refractivity contribution in [1.29, 1.82) is 0 Å². The Hall–Kier alpha value is -1.92. The van der Waals surface area contributed by atoms with Crippen molar-refractivity contribution in [2.45, 2.75) is 31.5 Å². The lowest BCUT2D eigenvalue weighted by Gasteiger charge is -2.25. The van der Waals surface area contributed by atoms with E-state index < -0.39 is 12.0 Å². The van der Waals surface area contributed by atoms with E-state index in [9.17, 15) is 9.59 Å². The smallest absolute Gasteiger partial charge is 0.256 e. The molecule has 6 heteroatoms. The van der Waals surface area contributed by atoms with Gasteiger partial charge in [0.05, 0.1) is 6.10 Å². The standard InChI is InChI=1S/C15H21N3O3/c16-10-12-6-7-13(21-12)15(20)18(9-8-14(17)19)11-4-2-1-3-5-11/h1-5,12-13H,6-10,16H2,(H2,17,19)/t12-,13+/m1/s1. The third-order valence-electron chi connectivity index (χ3n) is 3.56. The summed E-state index contributed by atoms with van der Waals surface area (Å²) in [6.07, 6.45) is 0.999. The lowest BCUT2D eigenvalue weighted by Crippen LogP contribution is -2.41. The maximum Gasteiger partial charge on any atom is 0.256 e. The van der Waals surface area contributed by atoms with E-state index in [0.29, 0.717) is 13.0 Å². The average Bonchev–Trinajstić information content (AvgIpc) is 2.97. The number of carbonyl (C=O) groups excluding carboxylic acids is 2. The number of rotatable bonds is 6. The first kappa shape index (κ1) is 15.5. The Morgan fingerprint density at radius 3 is 2.52 bits per heavy atom. The van der Waals surface area contributed by atoms with Crippen molar-refractivity contribution >= 4 is 17.5 Å². The number of nitrogens with two attached hydrogens (primary N) is 2. The normalized spacial score (nSPS) is 21.2. The van der Waals surface area contributed by atoms with Gasteiger partial charge in [0.15, 0.2) is 0 Å². The molecule has 4 N–H and O–H groups in total. The third kappa shape index (κ3) is 4.03. The molecule has 1 fully saturated rings. The van der Waals surface area contributed by atoms with Crippen LogP contribution in [0, 0.1) is 0 Å². The molecule has 0 bridgehead atoms. The fourth-order valence-corrected chi connectivity index (χ4v) is 2.43. The molecule has 0 aromatic heterocycles. The molecule has 2 atom stereocenters. The van der Waals surface area contributed by atoms with Crippen molar-refractivity contribution < 1.29 is 14.3 Å². The van der Waals surface area contributed by atoms with E-state index in [0.717, 1.165) is 12.1 Å². The van der Waals surface area contributed by atoms with E-state index >= 15 is 0 Å². The fraction of sp³-hybridized carbons (Fsp3) is 0.467. The highest BCUT2D eigenvalue weighted by atomic mass is 16.5. The van der Waals surface area contributed by atoms with Crippen LogP contribution in [0.2, 0.25) is 0 Å². The van der Waals surface area contributed by atoms with E-state index in [1.54, 1.807) is 4.90 Å². The third-order valence-corrected chi connectivity index (χ3v) is 3.56. The van der Waals surface area contributed by atoms with Crippen molar-refractivity contribution in [1.82, 2.24) is 0 Å². The van der Waals surface area contributed by atoms with Crippen LogP contribution in [0.1, 0.15) is 19.3 Å². The van der Waals surface area contributed by atoms with Crippen LogP contribution in [-0.4, -0.2) is 37.1 Å². The van der Waals surface area contributed by atoms with Gasteiger partial charge in [-0.1, -0.05) is 18.2 Å². The van der Waals surface area contributed by atoms with Gasteiger partial charge in [-0.05, 0) is 25.0 Å².